The lowest BCUT2D eigenvalue weighted by Crippen LogP contribution is -2.19. The summed E-state index contributed by atoms with van der Waals surface area (Å²) in [5, 5.41) is 5.60. The number of carbonyl (C=O) groups excluding carboxylic acids is 1. The van der Waals surface area contributed by atoms with E-state index in [0.717, 1.165) is 11.3 Å². The third kappa shape index (κ3) is 5.03. The molecule has 3 heteroatoms. The van der Waals surface area contributed by atoms with Crippen molar-refractivity contribution in [3.63, 3.8) is 0 Å². The molecule has 0 radical (unpaired) electrons. The summed E-state index contributed by atoms with van der Waals surface area (Å²) in [7, 11) is 0. The van der Waals surface area contributed by atoms with Crippen molar-refractivity contribution in [3.8, 4) is 23.7 Å². The van der Waals surface area contributed by atoms with Crippen molar-refractivity contribution in [2.24, 2.45) is 0 Å². The third-order valence-corrected chi connectivity index (χ3v) is 3.45. The minimum absolute atomic E-state index is 0.319. The van der Waals surface area contributed by atoms with E-state index < -0.39 is 0 Å². The SMILES string of the molecule is O=C(Nc1ccccc1)Nc1ccccc1C#CC#Cc1ccccc1. The first-order chi connectivity index (χ1) is 12.8. The molecule has 3 aromatic carbocycles. The largest absolute Gasteiger partial charge is 0.323 e. The van der Waals surface area contributed by atoms with Gasteiger partial charge in [-0.15, -0.1) is 0 Å². The number of benzene rings is 3. The number of urea groups is 1. The van der Waals surface area contributed by atoms with Crippen LogP contribution in [0.1, 0.15) is 11.1 Å². The number of amides is 2. The Morgan fingerprint density at radius 1 is 0.654 bits per heavy atom. The molecule has 0 aliphatic carbocycles. The van der Waals surface area contributed by atoms with Crippen molar-refractivity contribution in [1.29, 1.82) is 0 Å². The highest BCUT2D eigenvalue weighted by atomic mass is 16.2. The highest BCUT2D eigenvalue weighted by Crippen LogP contribution is 2.14. The highest BCUT2D eigenvalue weighted by molar-refractivity contribution is 6.00. The van der Waals surface area contributed by atoms with Gasteiger partial charge in [0, 0.05) is 16.8 Å². The van der Waals surface area contributed by atoms with E-state index >= 15 is 0 Å². The molecule has 0 atom stereocenters. The third-order valence-electron chi connectivity index (χ3n) is 3.45. The summed E-state index contributed by atoms with van der Waals surface area (Å²) in [6.45, 7) is 0. The van der Waals surface area contributed by atoms with E-state index in [1.54, 1.807) is 6.07 Å². The summed E-state index contributed by atoms with van der Waals surface area (Å²) in [5.74, 6) is 11.6. The highest BCUT2D eigenvalue weighted by Gasteiger charge is 2.05. The Morgan fingerprint density at radius 3 is 2.04 bits per heavy atom. The van der Waals surface area contributed by atoms with Gasteiger partial charge < -0.3 is 10.6 Å². The number of nitrogens with one attached hydrogen (secondary N) is 2. The quantitative estimate of drug-likeness (QED) is 0.653. The Hall–Kier alpha value is -3.95. The maximum absolute atomic E-state index is 12.2. The average molecular weight is 336 g/mol. The van der Waals surface area contributed by atoms with E-state index in [9.17, 15) is 4.79 Å². The standard InChI is InChI=1S/C23H16N2O/c26-23(24-21-16-5-2-6-17-21)25-22-18-10-9-15-20(22)14-8-7-13-19-11-3-1-4-12-19/h1-6,9-12,15-18H,(H2,24,25,26). The topological polar surface area (TPSA) is 41.1 Å². The van der Waals surface area contributed by atoms with Crippen LogP contribution in [0, 0.1) is 23.7 Å². The van der Waals surface area contributed by atoms with Gasteiger partial charge in [0.2, 0.25) is 0 Å². The predicted octanol–water partition coefficient (Wildman–Crippen LogP) is 4.73. The molecule has 0 spiro atoms. The Balaban J connectivity index is 1.70. The Morgan fingerprint density at radius 2 is 1.27 bits per heavy atom. The summed E-state index contributed by atoms with van der Waals surface area (Å²) in [6.07, 6.45) is 0. The predicted molar refractivity (Wildman–Crippen MR) is 106 cm³/mol. The smallest absolute Gasteiger partial charge is 0.308 e. The van der Waals surface area contributed by atoms with Crippen LogP contribution >= 0.6 is 0 Å². The van der Waals surface area contributed by atoms with Gasteiger partial charge in [0.15, 0.2) is 0 Å². The van der Waals surface area contributed by atoms with Crippen LogP contribution in [0.25, 0.3) is 0 Å². The fraction of sp³-hybridized carbons (Fsp3) is 0. The molecule has 0 saturated heterocycles. The molecule has 0 fully saturated rings. The Kier molecular flexibility index (Phi) is 5.70. The lowest BCUT2D eigenvalue weighted by molar-refractivity contribution is 0.262. The number of anilines is 2. The summed E-state index contributed by atoms with van der Waals surface area (Å²) in [4.78, 5) is 12.2. The summed E-state index contributed by atoms with van der Waals surface area (Å²) >= 11 is 0. The molecule has 3 nitrogen and oxygen atoms in total. The van der Waals surface area contributed by atoms with E-state index in [2.05, 4.69) is 34.3 Å². The molecule has 0 aromatic heterocycles. The molecule has 0 unspecified atom stereocenters. The maximum Gasteiger partial charge on any atom is 0.323 e. The molecule has 0 aliphatic rings. The average Bonchev–Trinajstić information content (AvgIpc) is 2.68. The van der Waals surface area contributed by atoms with Gasteiger partial charge in [-0.2, -0.15) is 0 Å². The number of hydrogen-bond acceptors (Lipinski definition) is 1. The van der Waals surface area contributed by atoms with Crippen molar-refractivity contribution < 1.29 is 4.79 Å². The molecule has 3 rings (SSSR count). The van der Waals surface area contributed by atoms with Crippen LogP contribution in [0.5, 0.6) is 0 Å². The van der Waals surface area contributed by atoms with Crippen LogP contribution in [0.2, 0.25) is 0 Å². The fourth-order valence-electron chi connectivity index (χ4n) is 2.23. The van der Waals surface area contributed by atoms with Crippen LogP contribution < -0.4 is 10.6 Å². The summed E-state index contributed by atoms with van der Waals surface area (Å²) < 4.78 is 0. The molecular weight excluding hydrogens is 320 g/mol. The van der Waals surface area contributed by atoms with Crippen LogP contribution in [0.15, 0.2) is 84.9 Å². The molecule has 2 N–H and O–H groups in total. The lowest BCUT2D eigenvalue weighted by Gasteiger charge is -2.08. The number of hydrogen-bond donors (Lipinski definition) is 2. The van der Waals surface area contributed by atoms with E-state index in [0.29, 0.717) is 11.3 Å². The molecule has 0 heterocycles. The van der Waals surface area contributed by atoms with Gasteiger partial charge in [0.05, 0.1) is 5.69 Å². The first kappa shape index (κ1) is 16.9. The molecule has 0 bridgehead atoms. The number of rotatable bonds is 2. The molecule has 0 saturated carbocycles. The van der Waals surface area contributed by atoms with Crippen LogP contribution in [0.3, 0.4) is 0 Å². The molecular formula is C23H16N2O. The molecule has 3 aromatic rings. The van der Waals surface area contributed by atoms with E-state index in [1.807, 2.05) is 78.9 Å². The second kappa shape index (κ2) is 8.78. The van der Waals surface area contributed by atoms with Crippen molar-refractivity contribution >= 4 is 17.4 Å². The minimum Gasteiger partial charge on any atom is -0.308 e. The van der Waals surface area contributed by atoms with Gasteiger partial charge in [0.1, 0.15) is 0 Å². The van der Waals surface area contributed by atoms with Crippen molar-refractivity contribution in [2.75, 3.05) is 10.6 Å². The van der Waals surface area contributed by atoms with Crippen molar-refractivity contribution in [1.82, 2.24) is 0 Å². The summed E-state index contributed by atoms with van der Waals surface area (Å²) in [5.41, 5.74) is 2.98. The van der Waals surface area contributed by atoms with Crippen LogP contribution in [0.4, 0.5) is 16.2 Å². The van der Waals surface area contributed by atoms with Gasteiger partial charge in [-0.1, -0.05) is 60.4 Å². The van der Waals surface area contributed by atoms with E-state index in [-0.39, 0.29) is 6.03 Å². The van der Waals surface area contributed by atoms with Crippen molar-refractivity contribution in [2.45, 2.75) is 0 Å². The number of carbonyl (C=O) groups is 1. The van der Waals surface area contributed by atoms with Gasteiger partial charge in [-0.3, -0.25) is 0 Å². The zero-order chi connectivity index (χ0) is 18.0. The lowest BCUT2D eigenvalue weighted by atomic mass is 10.2. The van der Waals surface area contributed by atoms with Crippen molar-refractivity contribution in [3.05, 3.63) is 96.1 Å². The fourth-order valence-corrected chi connectivity index (χ4v) is 2.23. The molecule has 26 heavy (non-hydrogen) atoms. The first-order valence-electron chi connectivity index (χ1n) is 8.10. The minimum atomic E-state index is -0.319. The van der Waals surface area contributed by atoms with E-state index in [4.69, 9.17) is 0 Å². The van der Waals surface area contributed by atoms with Gasteiger partial charge in [-0.05, 0) is 48.2 Å². The van der Waals surface area contributed by atoms with Crippen LogP contribution in [-0.2, 0) is 0 Å². The second-order valence-electron chi connectivity index (χ2n) is 5.36. The zero-order valence-electron chi connectivity index (χ0n) is 14.0. The Labute approximate surface area is 153 Å². The number of para-hydroxylation sites is 2. The normalized spacial score (nSPS) is 9.08. The molecule has 0 aliphatic heterocycles. The molecule has 124 valence electrons. The molecule has 2 amide bonds. The van der Waals surface area contributed by atoms with Gasteiger partial charge >= 0.3 is 6.03 Å². The maximum atomic E-state index is 12.2. The Bertz CT molecular complexity index is 1000. The summed E-state index contributed by atoms with van der Waals surface area (Å²) in [6, 6.07) is 26.0. The van der Waals surface area contributed by atoms with Gasteiger partial charge in [0.25, 0.3) is 0 Å². The van der Waals surface area contributed by atoms with Crippen LogP contribution in [-0.4, -0.2) is 6.03 Å². The van der Waals surface area contributed by atoms with Gasteiger partial charge in [-0.25, -0.2) is 4.79 Å². The monoisotopic (exact) mass is 336 g/mol. The zero-order valence-corrected chi connectivity index (χ0v) is 14.0. The second-order valence-corrected chi connectivity index (χ2v) is 5.36. The van der Waals surface area contributed by atoms with E-state index in [1.165, 1.54) is 0 Å². The first-order valence-corrected chi connectivity index (χ1v) is 8.10.